The van der Waals surface area contributed by atoms with Gasteiger partial charge in [0.1, 0.15) is 17.5 Å². The summed E-state index contributed by atoms with van der Waals surface area (Å²) in [6.07, 6.45) is 6.80. The van der Waals surface area contributed by atoms with Gasteiger partial charge in [-0.25, -0.2) is 9.97 Å². The highest BCUT2D eigenvalue weighted by molar-refractivity contribution is 7.99. The average molecular weight is 885 g/mol. The number of anilines is 4. The molecule has 8 rings (SSSR count). The molecule has 2 fully saturated rings. The van der Waals surface area contributed by atoms with E-state index in [4.69, 9.17) is 9.97 Å². The number of benzene rings is 2. The van der Waals surface area contributed by atoms with E-state index in [2.05, 4.69) is 108 Å². The van der Waals surface area contributed by atoms with Crippen LogP contribution in [0.15, 0.2) is 75.2 Å². The van der Waals surface area contributed by atoms with Crippen LogP contribution in [0.1, 0.15) is 113 Å². The molecule has 1 saturated heterocycles. The smallest absolute Gasteiger partial charge is 0.256 e. The summed E-state index contributed by atoms with van der Waals surface area (Å²) >= 11 is 1.52. The fourth-order valence-electron chi connectivity index (χ4n) is 7.86. The van der Waals surface area contributed by atoms with Gasteiger partial charge in [-0.2, -0.15) is 0 Å². The number of aromatic nitrogens is 3. The number of nitrogens with zero attached hydrogens (tertiary/aromatic N) is 5. The van der Waals surface area contributed by atoms with E-state index < -0.39 is 0 Å². The van der Waals surface area contributed by atoms with Gasteiger partial charge in [0.2, 0.25) is 5.91 Å². The molecule has 0 spiro atoms. The second kappa shape index (κ2) is 19.2. The number of aliphatic imine (C=N–C) groups is 1. The molecule has 0 unspecified atom stereocenters. The quantitative estimate of drug-likeness (QED) is 0.0773. The van der Waals surface area contributed by atoms with Gasteiger partial charge in [-0.05, 0) is 143 Å². The SMILES string of the molecule is CC1=CC(Nc2cc(N3CCN(C(C)(C)C)CC3)nc(Sc3ccc(NC(=O)C4CC4)cc3)n2)=NC1.CCCNC(=O)c1c(C)[nH]c(/C=C2\C(=O)Nc3ccc(C(C)(C)C)cc32)c1C. The lowest BCUT2D eigenvalue weighted by atomic mass is 9.85. The molecule has 5 heterocycles. The minimum absolute atomic E-state index is 0.00471. The summed E-state index contributed by atoms with van der Waals surface area (Å²) in [5, 5.41) is 12.9. The molecule has 13 nitrogen and oxygen atoms in total. The molecular formula is C50H64N10O3S. The molecular weight excluding hydrogens is 821 g/mol. The standard InChI is InChI=1S/C27H35N7OS.C23H29N3O2/c1-18-15-22(28-17-18)30-23-16-24(33-11-13-34(14-12-33)27(2,3)4)32-26(31-23)36-21-9-7-20(8-10-21)29-25(35)19-5-6-19;1-7-10-24-22(28)20-13(2)19(25-14(20)3)12-17-16-11-15(23(4,5)6)8-9-18(16)26-21(17)27/h7-10,15-16,19H,5-6,11-14,17H2,1-4H3,(H,29,35)(H,28,30,31,32);8-9,11-12,25H,7,10H2,1-6H3,(H,24,28)(H,26,27)/b;17-12-. The zero-order valence-corrected chi connectivity index (χ0v) is 39.9. The maximum Gasteiger partial charge on any atom is 0.256 e. The van der Waals surface area contributed by atoms with E-state index in [9.17, 15) is 14.4 Å². The highest BCUT2D eigenvalue weighted by Gasteiger charge is 2.31. The van der Waals surface area contributed by atoms with Crippen LogP contribution in [-0.4, -0.2) is 88.2 Å². The summed E-state index contributed by atoms with van der Waals surface area (Å²) in [4.78, 5) is 60.6. The number of amidine groups is 1. The van der Waals surface area contributed by atoms with Crippen molar-refractivity contribution in [2.45, 2.75) is 110 Å². The van der Waals surface area contributed by atoms with E-state index in [0.717, 1.165) is 108 Å². The first kappa shape index (κ1) is 46.3. The van der Waals surface area contributed by atoms with Gasteiger partial charge in [0, 0.05) is 83.5 Å². The molecule has 4 aliphatic rings. The van der Waals surface area contributed by atoms with Crippen LogP contribution in [0, 0.1) is 19.8 Å². The van der Waals surface area contributed by atoms with Crippen LogP contribution >= 0.6 is 11.8 Å². The van der Waals surface area contributed by atoms with Crippen molar-refractivity contribution >= 4 is 70.0 Å². The van der Waals surface area contributed by atoms with Crippen molar-refractivity contribution in [2.24, 2.45) is 10.9 Å². The van der Waals surface area contributed by atoms with E-state index in [1.54, 1.807) is 0 Å². The average Bonchev–Trinajstić information content (AvgIpc) is 3.87. The Kier molecular flexibility index (Phi) is 13.9. The topological polar surface area (TPSA) is 160 Å². The van der Waals surface area contributed by atoms with Crippen molar-refractivity contribution in [2.75, 3.05) is 60.1 Å². The number of carbonyl (C=O) groups is 3. The van der Waals surface area contributed by atoms with Crippen molar-refractivity contribution in [1.29, 1.82) is 0 Å². The van der Waals surface area contributed by atoms with Gasteiger partial charge in [0.15, 0.2) is 5.16 Å². The van der Waals surface area contributed by atoms with Crippen LogP contribution in [0.3, 0.4) is 0 Å². The Labute approximate surface area is 382 Å². The van der Waals surface area contributed by atoms with Gasteiger partial charge in [0.05, 0.1) is 17.7 Å². The zero-order valence-electron chi connectivity index (χ0n) is 39.1. The van der Waals surface area contributed by atoms with Crippen LogP contribution < -0.4 is 26.2 Å². The Morgan fingerprint density at radius 1 is 0.938 bits per heavy atom. The van der Waals surface area contributed by atoms with Crippen molar-refractivity contribution in [3.63, 3.8) is 0 Å². The predicted octanol–water partition coefficient (Wildman–Crippen LogP) is 9.23. The second-order valence-corrected chi connectivity index (χ2v) is 20.2. The number of piperazine rings is 1. The third-order valence-corrected chi connectivity index (χ3v) is 12.7. The number of amides is 3. The summed E-state index contributed by atoms with van der Waals surface area (Å²) in [7, 11) is 0. The lowest BCUT2D eigenvalue weighted by Gasteiger charge is -2.42. The Morgan fingerprint density at radius 3 is 2.28 bits per heavy atom. The van der Waals surface area contributed by atoms with Crippen LogP contribution in [0.2, 0.25) is 0 Å². The van der Waals surface area contributed by atoms with Crippen LogP contribution in [0.25, 0.3) is 11.6 Å². The number of aromatic amines is 1. The summed E-state index contributed by atoms with van der Waals surface area (Å²) in [5.74, 6) is 2.62. The lowest BCUT2D eigenvalue weighted by molar-refractivity contribution is -0.117. The first-order chi connectivity index (χ1) is 30.4. The number of H-pyrrole nitrogens is 1. The molecule has 338 valence electrons. The molecule has 14 heteroatoms. The largest absolute Gasteiger partial charge is 0.358 e. The summed E-state index contributed by atoms with van der Waals surface area (Å²) in [5.41, 5.74) is 8.84. The molecule has 64 heavy (non-hydrogen) atoms. The molecule has 3 aliphatic heterocycles. The Hall–Kier alpha value is -5.73. The van der Waals surface area contributed by atoms with Crippen molar-refractivity contribution in [1.82, 2.24) is 25.2 Å². The summed E-state index contributed by atoms with van der Waals surface area (Å²) in [6, 6.07) is 16.0. The van der Waals surface area contributed by atoms with E-state index >= 15 is 0 Å². The van der Waals surface area contributed by atoms with Crippen molar-refractivity contribution in [3.8, 4) is 0 Å². The Balaban J connectivity index is 0.000000198. The molecule has 0 bridgehead atoms. The number of rotatable bonds is 10. The van der Waals surface area contributed by atoms with E-state index in [1.165, 1.54) is 22.9 Å². The molecule has 5 N–H and O–H groups in total. The van der Waals surface area contributed by atoms with Crippen molar-refractivity contribution < 1.29 is 14.4 Å². The van der Waals surface area contributed by atoms with E-state index in [0.29, 0.717) is 22.8 Å². The molecule has 0 atom stereocenters. The number of aryl methyl sites for hydroxylation is 1. The Morgan fingerprint density at radius 2 is 1.66 bits per heavy atom. The first-order valence-corrected chi connectivity index (χ1v) is 23.3. The number of hydrogen-bond donors (Lipinski definition) is 5. The van der Waals surface area contributed by atoms with Gasteiger partial charge >= 0.3 is 0 Å². The molecule has 2 aromatic heterocycles. The van der Waals surface area contributed by atoms with E-state index in [1.807, 2.05) is 63.2 Å². The van der Waals surface area contributed by atoms with Crippen LogP contribution in [0.4, 0.5) is 23.0 Å². The minimum Gasteiger partial charge on any atom is -0.358 e. The molecule has 1 aliphatic carbocycles. The van der Waals surface area contributed by atoms with Crippen LogP contribution in [-0.2, 0) is 15.0 Å². The first-order valence-electron chi connectivity index (χ1n) is 22.5. The minimum atomic E-state index is -0.121. The van der Waals surface area contributed by atoms with Gasteiger partial charge in [-0.1, -0.05) is 33.8 Å². The second-order valence-electron chi connectivity index (χ2n) is 19.2. The van der Waals surface area contributed by atoms with Gasteiger partial charge < -0.3 is 31.2 Å². The maximum absolute atomic E-state index is 12.6. The van der Waals surface area contributed by atoms with Gasteiger partial charge in [-0.15, -0.1) is 0 Å². The highest BCUT2D eigenvalue weighted by atomic mass is 32.2. The zero-order chi connectivity index (χ0) is 45.9. The summed E-state index contributed by atoms with van der Waals surface area (Å²) < 4.78 is 0. The summed E-state index contributed by atoms with van der Waals surface area (Å²) in [6.45, 7) is 26.4. The van der Waals surface area contributed by atoms with Crippen LogP contribution in [0.5, 0.6) is 0 Å². The molecule has 0 radical (unpaired) electrons. The normalized spacial score (nSPS) is 17.0. The molecule has 1 saturated carbocycles. The number of nitrogens with one attached hydrogen (secondary N) is 5. The highest BCUT2D eigenvalue weighted by Crippen LogP contribution is 2.38. The molecule has 4 aromatic rings. The maximum atomic E-state index is 12.6. The van der Waals surface area contributed by atoms with Crippen molar-refractivity contribution in [3.05, 3.63) is 93.8 Å². The number of carbonyl (C=O) groups excluding carboxylic acids is 3. The van der Waals surface area contributed by atoms with E-state index in [-0.39, 0.29) is 34.6 Å². The monoisotopic (exact) mass is 884 g/mol. The predicted molar refractivity (Wildman–Crippen MR) is 262 cm³/mol. The van der Waals surface area contributed by atoms with Gasteiger partial charge in [-0.3, -0.25) is 24.3 Å². The molecule has 2 aromatic carbocycles. The lowest BCUT2D eigenvalue weighted by Crippen LogP contribution is -2.53. The third-order valence-electron chi connectivity index (χ3n) is 11.9. The number of hydrogen-bond acceptors (Lipinski definition) is 10. The fourth-order valence-corrected chi connectivity index (χ4v) is 8.63. The third kappa shape index (κ3) is 11.3. The molecule has 3 amide bonds. The van der Waals surface area contributed by atoms with Gasteiger partial charge in [0.25, 0.3) is 11.8 Å². The number of fused-ring (bicyclic) bond motifs is 1. The fraction of sp³-hybridized carbons (Fsp3) is 0.440. The Bertz CT molecular complexity index is 2500.